The van der Waals surface area contributed by atoms with Crippen molar-refractivity contribution < 1.29 is 27.9 Å². The summed E-state index contributed by atoms with van der Waals surface area (Å²) in [5.41, 5.74) is 9.77. The van der Waals surface area contributed by atoms with E-state index in [1.807, 2.05) is 24.3 Å². The average Bonchev–Trinajstić information content (AvgIpc) is 3.88. The number of nitrogens with one attached hydrogen (secondary N) is 3. The van der Waals surface area contributed by atoms with Gasteiger partial charge in [0.1, 0.15) is 5.71 Å². The van der Waals surface area contributed by atoms with Crippen LogP contribution in [-0.2, 0) is 14.8 Å². The van der Waals surface area contributed by atoms with Crippen molar-refractivity contribution in [3.8, 4) is 0 Å². The Morgan fingerprint density at radius 3 is 2.26 bits per heavy atom. The molecule has 0 spiro atoms. The number of hydrogen-bond donors (Lipinski definition) is 5. The first-order chi connectivity index (χ1) is 22.3. The quantitative estimate of drug-likeness (QED) is 0.0903. The lowest BCUT2D eigenvalue weighted by Gasteiger charge is -2.26. The summed E-state index contributed by atoms with van der Waals surface area (Å²) in [5, 5.41) is 18.1. The monoisotopic (exact) mass is 662 g/mol. The van der Waals surface area contributed by atoms with Crippen LogP contribution in [0.25, 0.3) is 0 Å². The summed E-state index contributed by atoms with van der Waals surface area (Å²) < 4.78 is 27.4. The fourth-order valence-electron chi connectivity index (χ4n) is 5.07. The van der Waals surface area contributed by atoms with Crippen LogP contribution in [0.5, 0.6) is 0 Å². The minimum Gasteiger partial charge on any atom is -0.478 e. The van der Waals surface area contributed by atoms with E-state index < -0.39 is 27.8 Å². The molecule has 1 fully saturated rings. The van der Waals surface area contributed by atoms with Gasteiger partial charge in [-0.15, -0.1) is 0 Å². The Morgan fingerprint density at radius 2 is 1.68 bits per heavy atom. The van der Waals surface area contributed by atoms with Gasteiger partial charge in [-0.2, -0.15) is 0 Å². The number of sulfonamides is 1. The van der Waals surface area contributed by atoms with E-state index in [1.165, 1.54) is 29.6 Å². The van der Waals surface area contributed by atoms with Crippen LogP contribution >= 0.6 is 0 Å². The largest absolute Gasteiger partial charge is 0.478 e. The highest BCUT2D eigenvalue weighted by atomic mass is 32.2. The minimum absolute atomic E-state index is 0.0201. The van der Waals surface area contributed by atoms with Crippen LogP contribution in [0.15, 0.2) is 65.7 Å². The van der Waals surface area contributed by atoms with Gasteiger partial charge in [0.2, 0.25) is 10.0 Å². The van der Waals surface area contributed by atoms with E-state index in [0.29, 0.717) is 22.9 Å². The van der Waals surface area contributed by atoms with Gasteiger partial charge < -0.3 is 26.8 Å². The second-order valence-corrected chi connectivity index (χ2v) is 13.8. The number of carboxylic acids is 1. The Hall–Kier alpha value is -4.91. The number of likely N-dealkylation sites (N-methyl/N-ethyl adjacent to an activating group) is 1. The minimum atomic E-state index is -3.78. The number of nitrogens with zero attached hydrogens (tertiary/aromatic N) is 2. The molecule has 0 atom stereocenters. The molecule has 0 saturated heterocycles. The molecular formula is C34H42N6O6S. The van der Waals surface area contributed by atoms with E-state index in [2.05, 4.69) is 34.8 Å². The van der Waals surface area contributed by atoms with E-state index in [-0.39, 0.29) is 48.0 Å². The maximum Gasteiger partial charge on any atom is 0.336 e. The molecule has 250 valence electrons. The van der Waals surface area contributed by atoms with Gasteiger partial charge in [0.05, 0.1) is 28.8 Å². The molecule has 0 aliphatic heterocycles. The van der Waals surface area contributed by atoms with Gasteiger partial charge >= 0.3 is 5.97 Å². The molecule has 0 aromatic heterocycles. The summed E-state index contributed by atoms with van der Waals surface area (Å²) >= 11 is 0. The van der Waals surface area contributed by atoms with Gasteiger partial charge in [0.15, 0.2) is 0 Å². The maximum atomic E-state index is 13.1. The maximum absolute atomic E-state index is 13.1. The highest BCUT2D eigenvalue weighted by molar-refractivity contribution is 7.92. The van der Waals surface area contributed by atoms with Gasteiger partial charge in [0.25, 0.3) is 11.8 Å². The molecule has 1 aliphatic carbocycles. The Morgan fingerprint density at radius 1 is 1.02 bits per heavy atom. The molecule has 13 heteroatoms. The average molecular weight is 663 g/mol. The fraction of sp³-hybridized carbons (Fsp3) is 0.353. The van der Waals surface area contributed by atoms with Crippen LogP contribution in [-0.4, -0.2) is 70.0 Å². The number of anilines is 3. The molecule has 2 amide bonds. The van der Waals surface area contributed by atoms with Gasteiger partial charge in [-0.25, -0.2) is 18.2 Å². The smallest absolute Gasteiger partial charge is 0.336 e. The second kappa shape index (κ2) is 15.1. The molecule has 6 N–H and O–H groups in total. The first-order valence-corrected chi connectivity index (χ1v) is 17.3. The zero-order valence-electron chi connectivity index (χ0n) is 27.0. The first kappa shape index (κ1) is 35.0. The number of carboxylic acid groups (broad SMARTS) is 1. The van der Waals surface area contributed by atoms with E-state index in [0.717, 1.165) is 36.9 Å². The normalized spacial score (nSPS) is 13.3. The Balaban J connectivity index is 1.60. The van der Waals surface area contributed by atoms with Crippen LogP contribution in [0.1, 0.15) is 70.9 Å². The van der Waals surface area contributed by atoms with Crippen molar-refractivity contribution in [2.45, 2.75) is 39.0 Å². The number of rotatable bonds is 15. The van der Waals surface area contributed by atoms with Crippen LogP contribution in [0, 0.1) is 5.92 Å². The van der Waals surface area contributed by atoms with Crippen molar-refractivity contribution >= 4 is 56.3 Å². The number of nitrogens with two attached hydrogens (primary N) is 1. The molecule has 0 radical (unpaired) electrons. The molecule has 3 aromatic carbocycles. The van der Waals surface area contributed by atoms with E-state index in [9.17, 15) is 27.9 Å². The number of hydrogen-bond acceptors (Lipinski definition) is 8. The summed E-state index contributed by atoms with van der Waals surface area (Å²) in [4.78, 5) is 41.9. The number of carbonyl (C=O) groups is 3. The summed E-state index contributed by atoms with van der Waals surface area (Å²) in [7, 11) is -2.27. The van der Waals surface area contributed by atoms with Crippen molar-refractivity contribution in [2.24, 2.45) is 10.9 Å². The molecule has 0 bridgehead atoms. The lowest BCUT2D eigenvalue weighted by atomic mass is 9.98. The lowest BCUT2D eigenvalue weighted by molar-refractivity contribution is -0.114. The van der Waals surface area contributed by atoms with Crippen LogP contribution in [0.3, 0.4) is 0 Å². The molecule has 3 aromatic rings. The molecule has 12 nitrogen and oxygen atoms in total. The third kappa shape index (κ3) is 9.09. The second-order valence-electron chi connectivity index (χ2n) is 11.9. The number of carbonyl (C=O) groups excluding carboxylic acids is 2. The van der Waals surface area contributed by atoms with Crippen molar-refractivity contribution in [3.63, 3.8) is 0 Å². The van der Waals surface area contributed by atoms with E-state index in [1.54, 1.807) is 18.2 Å². The first-order valence-electron chi connectivity index (χ1n) is 15.5. The summed E-state index contributed by atoms with van der Waals surface area (Å²) in [6.45, 7) is 5.19. The van der Waals surface area contributed by atoms with Gasteiger partial charge in [-0.3, -0.25) is 13.9 Å². The van der Waals surface area contributed by atoms with Crippen molar-refractivity contribution in [1.82, 2.24) is 10.6 Å². The summed E-state index contributed by atoms with van der Waals surface area (Å²) in [5.74, 6) is -1.66. The van der Waals surface area contributed by atoms with Crippen LogP contribution in [0.2, 0.25) is 0 Å². The van der Waals surface area contributed by atoms with Crippen molar-refractivity contribution in [1.29, 1.82) is 0 Å². The van der Waals surface area contributed by atoms with E-state index >= 15 is 0 Å². The van der Waals surface area contributed by atoms with Crippen molar-refractivity contribution in [2.75, 3.05) is 48.3 Å². The number of benzene rings is 3. The standard InChI is InChI=1S/C34H42N6O6S/c1-21(2)20-38-23-12-14-24(15-13-23)39-31(33(42)36-3)28-18-27(22-10-11-22)30(19-29(28)35)40(47(4,45)46)17-7-16-37-32(41)25-8-5-6-9-26(25)34(43)44/h5-6,8-9,12-15,18-19,21-22,38H,7,10-11,16-17,20,35H2,1-4H3,(H,36,42)(H,37,41)(H,43,44). The zero-order valence-corrected chi connectivity index (χ0v) is 27.9. The SMILES string of the molecule is CNC(=O)C(=Nc1ccc(NCC(C)C)cc1)c1cc(C2CC2)c(N(CCCNC(=O)c2ccccc2C(=O)O)S(C)(=O)=O)cc1N. The Kier molecular flexibility index (Phi) is 11.2. The molecule has 0 heterocycles. The molecule has 1 saturated carbocycles. The van der Waals surface area contributed by atoms with E-state index in [4.69, 9.17) is 5.73 Å². The van der Waals surface area contributed by atoms with Crippen LogP contribution < -0.4 is 26.0 Å². The molecule has 4 rings (SSSR count). The number of aliphatic imine (C=N–C) groups is 1. The molecule has 47 heavy (non-hydrogen) atoms. The zero-order chi connectivity index (χ0) is 34.3. The van der Waals surface area contributed by atoms with Crippen LogP contribution in [0.4, 0.5) is 22.7 Å². The van der Waals surface area contributed by atoms with Gasteiger partial charge in [-0.1, -0.05) is 26.0 Å². The predicted molar refractivity (Wildman–Crippen MR) is 185 cm³/mol. The Labute approximate surface area is 275 Å². The lowest BCUT2D eigenvalue weighted by Crippen LogP contribution is -2.35. The molecule has 1 aliphatic rings. The number of nitrogen functional groups attached to an aromatic ring is 1. The number of aromatic carboxylic acids is 1. The fourth-order valence-corrected chi connectivity index (χ4v) is 6.05. The summed E-state index contributed by atoms with van der Waals surface area (Å²) in [6.07, 6.45) is 3.05. The van der Waals surface area contributed by atoms with Gasteiger partial charge in [-0.05, 0) is 85.2 Å². The number of amides is 2. The molecular weight excluding hydrogens is 620 g/mol. The highest BCUT2D eigenvalue weighted by Crippen LogP contribution is 2.46. The summed E-state index contributed by atoms with van der Waals surface area (Å²) in [6, 6.07) is 16.6. The van der Waals surface area contributed by atoms with Crippen molar-refractivity contribution in [3.05, 3.63) is 82.9 Å². The Bertz CT molecular complexity index is 1770. The van der Waals surface area contributed by atoms with Gasteiger partial charge in [0, 0.05) is 43.6 Å². The third-order valence-electron chi connectivity index (χ3n) is 7.63. The predicted octanol–water partition coefficient (Wildman–Crippen LogP) is 4.37. The molecule has 0 unspecified atom stereocenters. The highest BCUT2D eigenvalue weighted by Gasteiger charge is 2.32. The topological polar surface area (TPSA) is 183 Å². The third-order valence-corrected chi connectivity index (χ3v) is 8.81.